The molecule has 1 heterocycles. The van der Waals surface area contributed by atoms with Crippen LogP contribution in [0.3, 0.4) is 0 Å². The summed E-state index contributed by atoms with van der Waals surface area (Å²) in [5, 5.41) is 13.7. The van der Waals surface area contributed by atoms with Gasteiger partial charge in [0, 0.05) is 12.1 Å². The second kappa shape index (κ2) is 7.90. The van der Waals surface area contributed by atoms with Gasteiger partial charge in [0.15, 0.2) is 5.76 Å². The van der Waals surface area contributed by atoms with Crippen molar-refractivity contribution in [2.24, 2.45) is 0 Å². The van der Waals surface area contributed by atoms with Crippen LogP contribution in [0.15, 0.2) is 56.1 Å². The molecule has 0 aliphatic carbocycles. The highest BCUT2D eigenvalue weighted by molar-refractivity contribution is 6.39. The highest BCUT2D eigenvalue weighted by Gasteiger charge is 2.26. The molecule has 0 amide bonds. The van der Waals surface area contributed by atoms with Crippen LogP contribution in [0.1, 0.15) is 23.0 Å². The van der Waals surface area contributed by atoms with Crippen molar-refractivity contribution in [2.75, 3.05) is 5.32 Å². The Hall–Kier alpha value is -2.70. The largest absolute Gasteiger partial charge is 0.519 e. The monoisotopic (exact) mass is 407 g/mol. The summed E-state index contributed by atoms with van der Waals surface area (Å²) >= 11 is 12.4. The lowest BCUT2D eigenvalue weighted by Crippen LogP contribution is -2.16. The summed E-state index contributed by atoms with van der Waals surface area (Å²) in [7, 11) is 0. The number of rotatable bonds is 6. The maximum Gasteiger partial charge on any atom is 0.519 e. The minimum absolute atomic E-state index is 0.0398. The van der Waals surface area contributed by atoms with Crippen LogP contribution in [0.5, 0.6) is 0 Å². The fourth-order valence-corrected chi connectivity index (χ4v) is 3.23. The summed E-state index contributed by atoms with van der Waals surface area (Å²) in [6.07, 6.45) is -0.0398. The molecule has 0 saturated carbocycles. The van der Waals surface area contributed by atoms with E-state index in [9.17, 15) is 14.7 Å². The molecular weight excluding hydrogens is 393 g/mol. The molecule has 0 saturated heterocycles. The Kier molecular flexibility index (Phi) is 5.58. The molecule has 1 unspecified atom stereocenters. The number of nitrogens with one attached hydrogen (secondary N) is 1. The second-order valence-corrected chi connectivity index (χ2v) is 6.65. The van der Waals surface area contributed by atoms with E-state index in [1.165, 1.54) is 0 Å². The lowest BCUT2D eigenvalue weighted by molar-refractivity contribution is -0.138. The van der Waals surface area contributed by atoms with Crippen LogP contribution in [0.2, 0.25) is 10.0 Å². The summed E-state index contributed by atoms with van der Waals surface area (Å²) in [6.45, 7) is 1.55. The Morgan fingerprint density at radius 3 is 2.37 bits per heavy atom. The second-order valence-electron chi connectivity index (χ2n) is 5.84. The molecule has 6 nitrogen and oxygen atoms in total. The average Bonchev–Trinajstić information content (AvgIpc) is 2.93. The van der Waals surface area contributed by atoms with Crippen molar-refractivity contribution >= 4 is 40.5 Å². The number of aliphatic carboxylic acids is 1. The number of carboxylic acids is 1. The van der Waals surface area contributed by atoms with Crippen LogP contribution >= 0.6 is 23.2 Å². The first-order valence-corrected chi connectivity index (χ1v) is 8.74. The minimum atomic E-state index is -1.07. The Bertz CT molecular complexity index is 1020. The van der Waals surface area contributed by atoms with Gasteiger partial charge in [0.25, 0.3) is 0 Å². The van der Waals surface area contributed by atoms with Crippen molar-refractivity contribution in [1.82, 2.24) is 0 Å². The summed E-state index contributed by atoms with van der Waals surface area (Å²) in [5.74, 6) is -2.46. The predicted molar refractivity (Wildman–Crippen MR) is 102 cm³/mol. The van der Waals surface area contributed by atoms with E-state index in [2.05, 4.69) is 5.32 Å². The fraction of sp³-hybridized carbons (Fsp3) is 0.158. The molecule has 0 fully saturated rings. The number of halogens is 2. The Labute approximate surface area is 164 Å². The third-order valence-corrected chi connectivity index (χ3v) is 4.71. The fourth-order valence-electron chi connectivity index (χ4n) is 2.74. The number of carbonyl (C=O) groups is 1. The maximum absolute atomic E-state index is 11.9. The molecule has 3 aromatic rings. The van der Waals surface area contributed by atoms with Gasteiger partial charge in [0.05, 0.1) is 21.7 Å². The Morgan fingerprint density at radius 2 is 1.78 bits per heavy atom. The SMILES string of the molecule is Cc1oc(=O)oc1CC(C(=O)O)c1ccccc1Nc1c(Cl)cccc1Cl. The summed E-state index contributed by atoms with van der Waals surface area (Å²) < 4.78 is 9.79. The molecule has 1 aromatic heterocycles. The van der Waals surface area contributed by atoms with E-state index in [1.807, 2.05) is 0 Å². The standard InChI is InChI=1S/C19H15Cl2NO5/c1-10-16(27-19(25)26-10)9-12(18(23)24)11-5-2-3-8-15(11)22-17-13(20)6-4-7-14(17)21/h2-8,12,22H,9H2,1H3,(H,23,24). The van der Waals surface area contributed by atoms with Gasteiger partial charge in [-0.3, -0.25) is 4.79 Å². The number of carboxylic acid groups (broad SMARTS) is 1. The maximum atomic E-state index is 11.9. The molecule has 0 bridgehead atoms. The third kappa shape index (κ3) is 4.18. The van der Waals surface area contributed by atoms with Gasteiger partial charge in [-0.25, -0.2) is 4.79 Å². The molecule has 8 heteroatoms. The Balaban J connectivity index is 2.00. The molecule has 0 spiro atoms. The quantitative estimate of drug-likeness (QED) is 0.596. The molecule has 0 radical (unpaired) electrons. The van der Waals surface area contributed by atoms with E-state index in [0.717, 1.165) is 0 Å². The summed E-state index contributed by atoms with van der Waals surface area (Å²) in [5.41, 5.74) is 1.50. The van der Waals surface area contributed by atoms with Gasteiger partial charge in [0.2, 0.25) is 0 Å². The van der Waals surface area contributed by atoms with E-state index < -0.39 is 17.7 Å². The van der Waals surface area contributed by atoms with Gasteiger partial charge < -0.3 is 19.3 Å². The predicted octanol–water partition coefficient (Wildman–Crippen LogP) is 5.00. The molecule has 2 N–H and O–H groups in total. The van der Waals surface area contributed by atoms with Crippen LogP contribution in [0, 0.1) is 6.92 Å². The summed E-state index contributed by atoms with van der Waals surface area (Å²) in [4.78, 5) is 23.2. The van der Waals surface area contributed by atoms with Gasteiger partial charge >= 0.3 is 11.8 Å². The highest BCUT2D eigenvalue weighted by Crippen LogP contribution is 2.36. The van der Waals surface area contributed by atoms with Crippen molar-refractivity contribution in [2.45, 2.75) is 19.3 Å². The lowest BCUT2D eigenvalue weighted by Gasteiger charge is -2.18. The van der Waals surface area contributed by atoms with Gasteiger partial charge in [0.1, 0.15) is 5.76 Å². The smallest absolute Gasteiger partial charge is 0.481 e. The Morgan fingerprint density at radius 1 is 1.11 bits per heavy atom. The van der Waals surface area contributed by atoms with Gasteiger partial charge in [-0.2, -0.15) is 0 Å². The number of para-hydroxylation sites is 2. The highest BCUT2D eigenvalue weighted by atomic mass is 35.5. The zero-order valence-electron chi connectivity index (χ0n) is 14.2. The first-order chi connectivity index (χ1) is 12.9. The van der Waals surface area contributed by atoms with Crippen LogP contribution < -0.4 is 11.1 Å². The lowest BCUT2D eigenvalue weighted by atomic mass is 9.92. The molecule has 3 rings (SSSR count). The van der Waals surface area contributed by atoms with Crippen LogP contribution in [0.25, 0.3) is 0 Å². The zero-order valence-corrected chi connectivity index (χ0v) is 15.7. The first kappa shape index (κ1) is 19.1. The van der Waals surface area contributed by atoms with Crippen molar-refractivity contribution in [3.8, 4) is 0 Å². The van der Waals surface area contributed by atoms with E-state index in [-0.39, 0.29) is 17.9 Å². The molecule has 0 aliphatic heterocycles. The van der Waals surface area contributed by atoms with Crippen molar-refractivity contribution in [3.63, 3.8) is 0 Å². The minimum Gasteiger partial charge on any atom is -0.481 e. The first-order valence-electron chi connectivity index (χ1n) is 7.99. The van der Waals surface area contributed by atoms with Crippen LogP contribution in [-0.4, -0.2) is 11.1 Å². The van der Waals surface area contributed by atoms with Crippen molar-refractivity contribution in [3.05, 3.63) is 80.2 Å². The molecule has 2 aromatic carbocycles. The van der Waals surface area contributed by atoms with Crippen molar-refractivity contribution in [1.29, 1.82) is 0 Å². The van der Waals surface area contributed by atoms with Crippen LogP contribution in [0.4, 0.5) is 11.4 Å². The van der Waals surface area contributed by atoms with Gasteiger partial charge in [-0.05, 0) is 30.7 Å². The number of benzene rings is 2. The third-order valence-electron chi connectivity index (χ3n) is 4.08. The van der Waals surface area contributed by atoms with E-state index >= 15 is 0 Å². The summed E-state index contributed by atoms with van der Waals surface area (Å²) in [6, 6.07) is 12.0. The molecule has 140 valence electrons. The number of hydrogen-bond acceptors (Lipinski definition) is 5. The van der Waals surface area contributed by atoms with Crippen molar-refractivity contribution < 1.29 is 18.7 Å². The van der Waals surface area contributed by atoms with Crippen LogP contribution in [-0.2, 0) is 11.2 Å². The van der Waals surface area contributed by atoms with Gasteiger partial charge in [-0.1, -0.05) is 47.5 Å². The topological polar surface area (TPSA) is 92.7 Å². The number of aryl methyl sites for hydroxylation is 1. The van der Waals surface area contributed by atoms with E-state index in [0.29, 0.717) is 27.0 Å². The molecule has 0 aliphatic rings. The molecular formula is C19H15Cl2NO5. The molecule has 1 atom stereocenters. The van der Waals surface area contributed by atoms with E-state index in [1.54, 1.807) is 49.4 Å². The molecule has 27 heavy (non-hydrogen) atoms. The normalized spacial score (nSPS) is 12.0. The number of anilines is 2. The zero-order chi connectivity index (χ0) is 19.6. The number of hydrogen-bond donors (Lipinski definition) is 2. The van der Waals surface area contributed by atoms with Gasteiger partial charge in [-0.15, -0.1) is 0 Å². The van der Waals surface area contributed by atoms with E-state index in [4.69, 9.17) is 32.0 Å². The average molecular weight is 408 g/mol.